The third kappa shape index (κ3) is 3.98. The smallest absolute Gasteiger partial charge is 0.302 e. The Morgan fingerprint density at radius 1 is 1.06 bits per heavy atom. The summed E-state index contributed by atoms with van der Waals surface area (Å²) in [6.45, 7) is 5.03. The summed E-state index contributed by atoms with van der Waals surface area (Å²) < 4.78 is 2.24. The second-order valence-electron chi connectivity index (χ2n) is 9.25. The fraction of sp³-hybridized carbons (Fsp3) is 0.346. The summed E-state index contributed by atoms with van der Waals surface area (Å²) in [6.07, 6.45) is 3.55. The minimum atomic E-state index is -0.590. The topological polar surface area (TPSA) is 64.3 Å². The predicted molar refractivity (Wildman–Crippen MR) is 128 cm³/mol. The van der Waals surface area contributed by atoms with Crippen molar-refractivity contribution in [3.63, 3.8) is 0 Å². The highest BCUT2D eigenvalue weighted by atomic mass is 35.5. The zero-order valence-corrected chi connectivity index (χ0v) is 19.3. The number of benzene rings is 2. The number of aromatic nitrogens is 2. The molecule has 1 aliphatic carbocycles. The van der Waals surface area contributed by atoms with Gasteiger partial charge >= 0.3 is 5.69 Å². The molecule has 0 spiro atoms. The normalized spacial score (nSPS) is 21.7. The second-order valence-corrected chi connectivity index (χ2v) is 9.69. The molecule has 0 N–H and O–H groups in total. The van der Waals surface area contributed by atoms with Crippen LogP contribution in [0.5, 0.6) is 0 Å². The van der Waals surface area contributed by atoms with E-state index in [1.807, 2.05) is 12.1 Å². The van der Waals surface area contributed by atoms with Gasteiger partial charge in [-0.2, -0.15) is 4.57 Å². The maximum Gasteiger partial charge on any atom is 0.338 e. The summed E-state index contributed by atoms with van der Waals surface area (Å²) in [5.74, 6) is 0.0848. The SMILES string of the molecule is Cc1cn(CCCN2C[C@H]3C[C@@]3(c3ccc(Cl)cc3)C2)c(=O)n(C(=O)c2ccccc2)c1=O. The molecule has 1 saturated carbocycles. The van der Waals surface area contributed by atoms with Gasteiger partial charge in [0, 0.05) is 47.4 Å². The number of fused-ring (bicyclic) bond motifs is 1. The van der Waals surface area contributed by atoms with Gasteiger partial charge in [0.2, 0.25) is 0 Å². The number of hydrogen-bond acceptors (Lipinski definition) is 4. The van der Waals surface area contributed by atoms with Gasteiger partial charge in [-0.3, -0.25) is 14.2 Å². The van der Waals surface area contributed by atoms with Crippen LogP contribution < -0.4 is 11.2 Å². The Balaban J connectivity index is 1.27. The van der Waals surface area contributed by atoms with Crippen molar-refractivity contribution in [2.24, 2.45) is 5.92 Å². The molecule has 0 unspecified atom stereocenters. The van der Waals surface area contributed by atoms with E-state index in [-0.39, 0.29) is 5.41 Å². The van der Waals surface area contributed by atoms with Gasteiger partial charge in [0.05, 0.1) is 0 Å². The van der Waals surface area contributed by atoms with Crippen LogP contribution in [0, 0.1) is 12.8 Å². The molecular weight excluding hydrogens is 438 g/mol. The van der Waals surface area contributed by atoms with Crippen molar-refractivity contribution in [1.82, 2.24) is 14.0 Å². The minimum absolute atomic E-state index is 0.243. The number of aryl methyl sites for hydroxylation is 2. The largest absolute Gasteiger partial charge is 0.338 e. The van der Waals surface area contributed by atoms with Gasteiger partial charge in [-0.05, 0) is 62.1 Å². The Morgan fingerprint density at radius 2 is 1.79 bits per heavy atom. The molecule has 1 aromatic heterocycles. The highest BCUT2D eigenvalue weighted by molar-refractivity contribution is 6.30. The highest BCUT2D eigenvalue weighted by Gasteiger charge is 2.60. The molecule has 1 saturated heterocycles. The number of likely N-dealkylation sites (tertiary alicyclic amines) is 1. The quantitative estimate of drug-likeness (QED) is 0.562. The zero-order valence-electron chi connectivity index (χ0n) is 18.5. The molecule has 0 radical (unpaired) electrons. The molecule has 5 rings (SSSR count). The Morgan fingerprint density at radius 3 is 2.52 bits per heavy atom. The van der Waals surface area contributed by atoms with Crippen LogP contribution in [0.2, 0.25) is 5.02 Å². The number of carbonyl (C=O) groups is 1. The molecule has 0 amide bonds. The van der Waals surface area contributed by atoms with Crippen molar-refractivity contribution in [2.75, 3.05) is 19.6 Å². The fourth-order valence-electron chi connectivity index (χ4n) is 5.24. The van der Waals surface area contributed by atoms with Crippen molar-refractivity contribution >= 4 is 17.5 Å². The molecule has 1 aliphatic heterocycles. The molecule has 2 fully saturated rings. The highest BCUT2D eigenvalue weighted by Crippen LogP contribution is 2.59. The van der Waals surface area contributed by atoms with Crippen LogP contribution in [-0.4, -0.2) is 39.6 Å². The van der Waals surface area contributed by atoms with Crippen molar-refractivity contribution < 1.29 is 4.79 Å². The van der Waals surface area contributed by atoms with Gasteiger partial charge in [0.1, 0.15) is 0 Å². The molecule has 7 heteroatoms. The van der Waals surface area contributed by atoms with Crippen molar-refractivity contribution in [3.05, 3.63) is 103 Å². The van der Waals surface area contributed by atoms with E-state index in [1.54, 1.807) is 43.5 Å². The van der Waals surface area contributed by atoms with Gasteiger partial charge in [0.25, 0.3) is 11.5 Å². The standard InChI is InChI=1S/C26H26ClN3O3/c1-18-15-29(25(33)30(23(18)31)24(32)19-6-3-2-4-7-19)13-5-12-28-16-21-14-26(21,17-28)20-8-10-22(27)11-9-20/h2-4,6-11,15,21H,5,12-14,16-17H2,1H3/t21-,26+/m1/s1. The number of carbonyl (C=O) groups excluding carboxylic acids is 1. The molecule has 2 atom stereocenters. The van der Waals surface area contributed by atoms with Crippen molar-refractivity contribution in [2.45, 2.75) is 31.7 Å². The average molecular weight is 464 g/mol. The van der Waals surface area contributed by atoms with E-state index in [2.05, 4.69) is 17.0 Å². The molecule has 2 heterocycles. The van der Waals surface area contributed by atoms with Crippen LogP contribution in [0.25, 0.3) is 0 Å². The monoisotopic (exact) mass is 463 g/mol. The van der Waals surface area contributed by atoms with Gasteiger partial charge in [-0.15, -0.1) is 0 Å². The van der Waals surface area contributed by atoms with Crippen molar-refractivity contribution in [3.8, 4) is 0 Å². The van der Waals surface area contributed by atoms with E-state index < -0.39 is 17.2 Å². The Labute approximate surface area is 197 Å². The summed E-state index contributed by atoms with van der Waals surface area (Å²) in [4.78, 5) is 40.9. The van der Waals surface area contributed by atoms with Crippen molar-refractivity contribution in [1.29, 1.82) is 0 Å². The zero-order chi connectivity index (χ0) is 23.2. The maximum absolute atomic E-state index is 13.0. The first-order valence-electron chi connectivity index (χ1n) is 11.3. The third-order valence-corrected chi connectivity index (χ3v) is 7.31. The average Bonchev–Trinajstić information content (AvgIpc) is 3.39. The number of nitrogens with zero attached hydrogens (tertiary/aromatic N) is 3. The molecule has 33 heavy (non-hydrogen) atoms. The lowest BCUT2D eigenvalue weighted by atomic mass is 9.95. The van der Waals surface area contributed by atoms with E-state index in [0.717, 1.165) is 35.6 Å². The Bertz CT molecular complexity index is 1310. The molecule has 0 bridgehead atoms. The van der Waals surface area contributed by atoms with E-state index >= 15 is 0 Å². The first-order chi connectivity index (χ1) is 15.9. The van der Waals surface area contributed by atoms with Crippen LogP contribution in [0.15, 0.2) is 70.4 Å². The summed E-state index contributed by atoms with van der Waals surface area (Å²) >= 11 is 6.05. The number of rotatable bonds is 6. The molecule has 2 aliphatic rings. The van der Waals surface area contributed by atoms with Crippen LogP contribution in [0.1, 0.15) is 34.3 Å². The Hall–Kier alpha value is -2.96. The van der Waals surface area contributed by atoms with Gasteiger partial charge in [-0.25, -0.2) is 4.79 Å². The van der Waals surface area contributed by atoms with E-state index in [0.29, 0.717) is 23.6 Å². The lowest BCUT2D eigenvalue weighted by molar-refractivity contribution is 0.0948. The summed E-state index contributed by atoms with van der Waals surface area (Å²) in [6, 6.07) is 16.6. The third-order valence-electron chi connectivity index (χ3n) is 7.06. The van der Waals surface area contributed by atoms with Gasteiger partial charge < -0.3 is 4.90 Å². The molecule has 2 aromatic carbocycles. The van der Waals surface area contributed by atoms with Crippen LogP contribution in [0.3, 0.4) is 0 Å². The number of hydrogen-bond donors (Lipinski definition) is 0. The summed E-state index contributed by atoms with van der Waals surface area (Å²) in [7, 11) is 0. The molecular formula is C26H26ClN3O3. The minimum Gasteiger partial charge on any atom is -0.302 e. The number of halogens is 1. The maximum atomic E-state index is 13.0. The van der Waals surface area contributed by atoms with Crippen LogP contribution >= 0.6 is 11.6 Å². The first-order valence-corrected chi connectivity index (χ1v) is 11.7. The molecule has 3 aromatic rings. The molecule has 6 nitrogen and oxygen atoms in total. The summed E-state index contributed by atoms with van der Waals surface area (Å²) in [5, 5.41) is 0.759. The second kappa shape index (κ2) is 8.43. The number of piperidine rings is 1. The molecule has 170 valence electrons. The van der Waals surface area contributed by atoms with E-state index in [4.69, 9.17) is 11.6 Å². The van der Waals surface area contributed by atoms with Crippen LogP contribution in [0.4, 0.5) is 0 Å². The van der Waals surface area contributed by atoms with Gasteiger partial charge in [0.15, 0.2) is 0 Å². The predicted octanol–water partition coefficient (Wildman–Crippen LogP) is 3.32. The lowest BCUT2D eigenvalue weighted by Crippen LogP contribution is -2.44. The van der Waals surface area contributed by atoms with Crippen LogP contribution in [-0.2, 0) is 12.0 Å². The lowest BCUT2D eigenvalue weighted by Gasteiger charge is -2.21. The summed E-state index contributed by atoms with van der Waals surface area (Å²) in [5.41, 5.74) is 1.15. The Kier molecular flexibility index (Phi) is 5.59. The fourth-order valence-corrected chi connectivity index (χ4v) is 5.36. The first kappa shape index (κ1) is 21.9. The van der Waals surface area contributed by atoms with E-state index in [1.165, 1.54) is 16.6 Å². The van der Waals surface area contributed by atoms with E-state index in [9.17, 15) is 14.4 Å². The van der Waals surface area contributed by atoms with Gasteiger partial charge in [-0.1, -0.05) is 41.9 Å².